The van der Waals surface area contributed by atoms with Crippen LogP contribution in [-0.2, 0) is 14.4 Å². The van der Waals surface area contributed by atoms with E-state index in [-0.39, 0.29) is 12.5 Å². The van der Waals surface area contributed by atoms with Crippen LogP contribution < -0.4 is 20.0 Å². The Bertz CT molecular complexity index is 1640. The van der Waals surface area contributed by atoms with E-state index in [9.17, 15) is 9.59 Å². The highest BCUT2D eigenvalue weighted by molar-refractivity contribution is 6.41. The number of amides is 2. The molecule has 44 heavy (non-hydrogen) atoms. The van der Waals surface area contributed by atoms with Gasteiger partial charge in [0.1, 0.15) is 17.2 Å². The zero-order chi connectivity index (χ0) is 31.2. The van der Waals surface area contributed by atoms with Crippen molar-refractivity contribution >= 4 is 46.4 Å². The Morgan fingerprint density at radius 1 is 1.07 bits per heavy atom. The van der Waals surface area contributed by atoms with Crippen molar-refractivity contribution in [1.82, 2.24) is 15.4 Å². The zero-order valence-electron chi connectivity index (χ0n) is 24.6. The summed E-state index contributed by atoms with van der Waals surface area (Å²) in [5, 5.41) is 7.61. The number of methoxy groups -OCH3 is 1. The molecule has 4 heterocycles. The third-order valence-electron chi connectivity index (χ3n) is 8.01. The van der Waals surface area contributed by atoms with E-state index in [4.69, 9.17) is 47.4 Å². The van der Waals surface area contributed by atoms with Crippen LogP contribution in [0.2, 0.25) is 10.0 Å². The fraction of sp³-hybridized carbons (Fsp3) is 0.355. The Balaban J connectivity index is 1.48. The van der Waals surface area contributed by atoms with E-state index in [1.54, 1.807) is 48.6 Å². The van der Waals surface area contributed by atoms with E-state index in [1.807, 2.05) is 24.8 Å². The summed E-state index contributed by atoms with van der Waals surface area (Å²) >= 11 is 12.9. The molecule has 1 N–H and O–H groups in total. The van der Waals surface area contributed by atoms with Crippen molar-refractivity contribution in [3.8, 4) is 22.6 Å². The van der Waals surface area contributed by atoms with E-state index in [0.717, 1.165) is 5.56 Å². The number of pyridine rings is 1. The van der Waals surface area contributed by atoms with Gasteiger partial charge in [0.05, 0.1) is 62.8 Å². The molecule has 3 aromatic rings. The summed E-state index contributed by atoms with van der Waals surface area (Å²) in [7, 11) is 2.92. The molecule has 2 atom stereocenters. The average Bonchev–Trinajstić information content (AvgIpc) is 3.40. The Labute approximate surface area is 264 Å². The average molecular weight is 641 g/mol. The van der Waals surface area contributed by atoms with Crippen LogP contribution in [0.3, 0.4) is 0 Å². The highest BCUT2D eigenvalue weighted by atomic mass is 35.5. The standard InChI is InChI=1S/C31H31Cl2N5O6/c1-31(2)16-43-6-5-37(31)30(40)27-24-15-44-26-12-25(41-3)22(17-7-18(14-34-13-17)29(39)36-42-4)11-23(26)28(24)38(35-27)21-9-19(32)8-20(33)10-21/h7-14,24,28H,5-6,15-16H2,1-4H3,(H,36,39). The Morgan fingerprint density at radius 2 is 1.84 bits per heavy atom. The number of rotatable bonds is 6. The molecule has 1 aromatic heterocycles. The molecule has 0 radical (unpaired) electrons. The van der Waals surface area contributed by atoms with Gasteiger partial charge < -0.3 is 19.1 Å². The minimum absolute atomic E-state index is 0.175. The van der Waals surface area contributed by atoms with Gasteiger partial charge in [-0.15, -0.1) is 0 Å². The van der Waals surface area contributed by atoms with E-state index in [1.165, 1.54) is 13.3 Å². The first-order chi connectivity index (χ1) is 21.1. The SMILES string of the molecule is CONC(=O)c1cncc(-c2cc3c(cc2OC)OCC2C(C(=O)N4CCOCC4(C)C)=NN(c4cc(Cl)cc(Cl)c4)C32)c1. The van der Waals surface area contributed by atoms with Crippen LogP contribution in [0, 0.1) is 5.92 Å². The van der Waals surface area contributed by atoms with Gasteiger partial charge in [0.2, 0.25) is 0 Å². The highest BCUT2D eigenvalue weighted by Crippen LogP contribution is 2.50. The second-order valence-electron chi connectivity index (χ2n) is 11.3. The second-order valence-corrected chi connectivity index (χ2v) is 12.2. The van der Waals surface area contributed by atoms with Crippen LogP contribution in [0.5, 0.6) is 11.5 Å². The molecule has 13 heteroatoms. The number of hydrogen-bond acceptors (Lipinski definition) is 9. The fourth-order valence-corrected chi connectivity index (χ4v) is 6.44. The predicted octanol–water partition coefficient (Wildman–Crippen LogP) is 4.92. The summed E-state index contributed by atoms with van der Waals surface area (Å²) in [4.78, 5) is 37.5. The van der Waals surface area contributed by atoms with Crippen molar-refractivity contribution in [2.45, 2.75) is 25.4 Å². The van der Waals surface area contributed by atoms with E-state index in [2.05, 4.69) is 10.5 Å². The summed E-state index contributed by atoms with van der Waals surface area (Å²) in [5.74, 6) is 0.0812. The van der Waals surface area contributed by atoms with Crippen LogP contribution in [0.25, 0.3) is 11.1 Å². The lowest BCUT2D eigenvalue weighted by Gasteiger charge is -2.42. The van der Waals surface area contributed by atoms with Gasteiger partial charge in [-0.3, -0.25) is 24.4 Å². The number of ether oxygens (including phenoxy) is 3. The lowest BCUT2D eigenvalue weighted by atomic mass is 9.85. The number of hydrazone groups is 1. The molecule has 0 bridgehead atoms. The number of benzene rings is 2. The van der Waals surface area contributed by atoms with Gasteiger partial charge in [0, 0.05) is 51.7 Å². The monoisotopic (exact) mass is 639 g/mol. The normalized spacial score (nSPS) is 20.3. The Hall–Kier alpha value is -3.90. The van der Waals surface area contributed by atoms with Gasteiger partial charge >= 0.3 is 0 Å². The van der Waals surface area contributed by atoms with Gasteiger partial charge in [-0.05, 0) is 44.2 Å². The maximum atomic E-state index is 14.2. The number of nitrogens with one attached hydrogen (secondary N) is 1. The van der Waals surface area contributed by atoms with Gasteiger partial charge in [-0.2, -0.15) is 5.10 Å². The molecule has 0 aliphatic carbocycles. The van der Waals surface area contributed by atoms with Gasteiger partial charge in [-0.1, -0.05) is 23.2 Å². The molecular formula is C31H31Cl2N5O6. The molecule has 0 saturated carbocycles. The lowest BCUT2D eigenvalue weighted by molar-refractivity contribution is -0.139. The van der Waals surface area contributed by atoms with E-state index in [0.29, 0.717) is 69.4 Å². The summed E-state index contributed by atoms with van der Waals surface area (Å²) in [5.41, 5.74) is 5.20. The molecule has 6 rings (SSSR count). The van der Waals surface area contributed by atoms with E-state index < -0.39 is 23.4 Å². The van der Waals surface area contributed by atoms with E-state index >= 15 is 0 Å². The molecule has 230 valence electrons. The number of aromatic nitrogens is 1. The number of nitrogens with zero attached hydrogens (tertiary/aromatic N) is 4. The summed E-state index contributed by atoms with van der Waals surface area (Å²) in [6, 6.07) is 10.2. The van der Waals surface area contributed by atoms with Crippen LogP contribution >= 0.6 is 23.2 Å². The third-order valence-corrected chi connectivity index (χ3v) is 8.44. The van der Waals surface area contributed by atoms with Crippen LogP contribution in [0.15, 0.2) is 53.9 Å². The maximum absolute atomic E-state index is 14.2. The number of carbonyl (C=O) groups excluding carboxylic acids is 2. The Kier molecular flexibility index (Phi) is 8.14. The van der Waals surface area contributed by atoms with Crippen molar-refractivity contribution < 1.29 is 28.6 Å². The summed E-state index contributed by atoms with van der Waals surface area (Å²) in [6.45, 7) is 5.49. The van der Waals surface area contributed by atoms with Crippen LogP contribution in [0.1, 0.15) is 35.8 Å². The molecule has 2 unspecified atom stereocenters. The quantitative estimate of drug-likeness (QED) is 0.378. The number of fused-ring (bicyclic) bond motifs is 3. The minimum Gasteiger partial charge on any atom is -0.496 e. The first-order valence-electron chi connectivity index (χ1n) is 14.0. The van der Waals surface area contributed by atoms with Crippen molar-refractivity contribution in [1.29, 1.82) is 0 Å². The lowest BCUT2D eigenvalue weighted by Crippen LogP contribution is -2.58. The molecule has 2 amide bonds. The minimum atomic E-state index is -0.513. The molecule has 0 spiro atoms. The predicted molar refractivity (Wildman–Crippen MR) is 165 cm³/mol. The van der Waals surface area contributed by atoms with Crippen LogP contribution in [0.4, 0.5) is 5.69 Å². The first kappa shape index (κ1) is 30.1. The highest BCUT2D eigenvalue weighted by Gasteiger charge is 2.49. The number of hydroxylamine groups is 1. The molecule has 2 aromatic carbocycles. The van der Waals surface area contributed by atoms with Crippen LogP contribution in [-0.4, -0.2) is 73.5 Å². The molecule has 1 fully saturated rings. The molecule has 1 saturated heterocycles. The topological polar surface area (TPSA) is 115 Å². The number of morpholine rings is 1. The molecule has 3 aliphatic rings. The summed E-state index contributed by atoms with van der Waals surface area (Å²) in [6.07, 6.45) is 3.09. The van der Waals surface area contributed by atoms with Crippen molar-refractivity contribution in [3.05, 3.63) is 70.0 Å². The maximum Gasteiger partial charge on any atom is 0.276 e. The number of halogens is 2. The van der Waals surface area contributed by atoms with Gasteiger partial charge in [-0.25, -0.2) is 5.48 Å². The van der Waals surface area contributed by atoms with Crippen molar-refractivity contribution in [3.63, 3.8) is 0 Å². The molecule has 11 nitrogen and oxygen atoms in total. The summed E-state index contributed by atoms with van der Waals surface area (Å²) < 4.78 is 17.7. The van der Waals surface area contributed by atoms with Crippen molar-refractivity contribution in [2.24, 2.45) is 11.0 Å². The zero-order valence-corrected chi connectivity index (χ0v) is 26.1. The van der Waals surface area contributed by atoms with Gasteiger partial charge in [0.25, 0.3) is 11.8 Å². The second kappa shape index (κ2) is 11.9. The Morgan fingerprint density at radius 3 is 2.55 bits per heavy atom. The van der Waals surface area contributed by atoms with Crippen molar-refractivity contribution in [2.75, 3.05) is 45.6 Å². The molecular weight excluding hydrogens is 609 g/mol. The molecule has 3 aliphatic heterocycles. The largest absolute Gasteiger partial charge is 0.496 e. The third kappa shape index (κ3) is 5.45. The van der Waals surface area contributed by atoms with Gasteiger partial charge in [0.15, 0.2) is 0 Å². The number of carbonyl (C=O) groups is 2. The number of hydrogen-bond donors (Lipinski definition) is 1. The first-order valence-corrected chi connectivity index (χ1v) is 14.7. The smallest absolute Gasteiger partial charge is 0.276 e. The number of anilines is 1. The fourth-order valence-electron chi connectivity index (χ4n) is 5.93.